The second kappa shape index (κ2) is 10.5. The molecule has 3 heterocycles. The number of thiazole rings is 1. The summed E-state index contributed by atoms with van der Waals surface area (Å²) in [5.74, 6) is 0.292. The van der Waals surface area contributed by atoms with E-state index in [9.17, 15) is 4.79 Å². The molecule has 0 bridgehead atoms. The molecule has 0 spiro atoms. The Morgan fingerprint density at radius 1 is 1.25 bits per heavy atom. The van der Waals surface area contributed by atoms with E-state index in [1.165, 1.54) is 37.1 Å². The molecule has 1 N–H and O–H groups in total. The van der Waals surface area contributed by atoms with Gasteiger partial charge in [-0.2, -0.15) is 0 Å². The molecule has 1 atom stereocenters. The summed E-state index contributed by atoms with van der Waals surface area (Å²) in [6, 6.07) is 8.58. The predicted molar refractivity (Wildman–Crippen MR) is 118 cm³/mol. The van der Waals surface area contributed by atoms with Gasteiger partial charge < -0.3 is 15.1 Å². The summed E-state index contributed by atoms with van der Waals surface area (Å²) in [7, 11) is 0. The number of nitrogens with zero attached hydrogens (tertiary/aromatic N) is 3. The molecule has 2 saturated heterocycles. The maximum atomic E-state index is 13.0. The number of nitrogens with one attached hydrogen (secondary N) is 1. The van der Waals surface area contributed by atoms with Gasteiger partial charge >= 0.3 is 0 Å². The molecule has 1 aromatic carbocycles. The molecular formula is C21H31ClN4OS. The van der Waals surface area contributed by atoms with E-state index < -0.39 is 0 Å². The number of amides is 1. The number of hydrogen-bond donors (Lipinski definition) is 1. The van der Waals surface area contributed by atoms with Gasteiger partial charge in [-0.1, -0.05) is 18.6 Å². The molecule has 1 unspecified atom stereocenters. The normalized spacial score (nSPS) is 20.2. The van der Waals surface area contributed by atoms with E-state index >= 15 is 0 Å². The Morgan fingerprint density at radius 2 is 2.07 bits per heavy atom. The molecule has 4 rings (SSSR count). The van der Waals surface area contributed by atoms with E-state index in [4.69, 9.17) is 0 Å². The van der Waals surface area contributed by atoms with Gasteiger partial charge in [-0.3, -0.25) is 4.79 Å². The van der Waals surface area contributed by atoms with Crippen molar-refractivity contribution in [3.63, 3.8) is 0 Å². The lowest BCUT2D eigenvalue weighted by atomic mass is 10.1. The summed E-state index contributed by atoms with van der Waals surface area (Å²) < 4.78 is 1.21. The highest BCUT2D eigenvalue weighted by Gasteiger charge is 2.27. The van der Waals surface area contributed by atoms with Gasteiger partial charge in [0.1, 0.15) is 0 Å². The van der Waals surface area contributed by atoms with Gasteiger partial charge in [0.25, 0.3) is 0 Å². The number of fused-ring (bicyclic) bond motifs is 1. The summed E-state index contributed by atoms with van der Waals surface area (Å²) in [5.41, 5.74) is 1.05. The quantitative estimate of drug-likeness (QED) is 0.743. The van der Waals surface area contributed by atoms with E-state index in [1.54, 1.807) is 11.3 Å². The van der Waals surface area contributed by atoms with Gasteiger partial charge in [0.2, 0.25) is 5.91 Å². The zero-order chi connectivity index (χ0) is 18.5. The van der Waals surface area contributed by atoms with E-state index in [0.29, 0.717) is 18.4 Å². The first-order valence-corrected chi connectivity index (χ1v) is 11.2. The summed E-state index contributed by atoms with van der Waals surface area (Å²) in [6.45, 7) is 6.23. The number of aryl methyl sites for hydroxylation is 1. The smallest absolute Gasteiger partial charge is 0.223 e. The summed E-state index contributed by atoms with van der Waals surface area (Å²) in [5, 5.41) is 4.49. The van der Waals surface area contributed by atoms with Crippen LogP contribution in [0.15, 0.2) is 24.3 Å². The summed E-state index contributed by atoms with van der Waals surface area (Å²) in [4.78, 5) is 22.4. The van der Waals surface area contributed by atoms with Crippen LogP contribution in [0.5, 0.6) is 0 Å². The van der Waals surface area contributed by atoms with Gasteiger partial charge in [-0.15, -0.1) is 23.7 Å². The lowest BCUT2D eigenvalue weighted by Crippen LogP contribution is -2.46. The first-order chi connectivity index (χ1) is 13.3. The number of likely N-dealkylation sites (tertiary alicyclic amines) is 1. The number of rotatable bonds is 7. The summed E-state index contributed by atoms with van der Waals surface area (Å²) >= 11 is 1.72. The van der Waals surface area contributed by atoms with Gasteiger partial charge in [0.05, 0.1) is 15.2 Å². The molecule has 7 heteroatoms. The molecule has 2 aliphatic rings. The fraction of sp³-hybridized carbons (Fsp3) is 0.619. The minimum Gasteiger partial charge on any atom is -0.337 e. The van der Waals surface area contributed by atoms with Gasteiger partial charge in [0.15, 0.2) is 0 Å². The van der Waals surface area contributed by atoms with Crippen LogP contribution in [0.25, 0.3) is 10.2 Å². The second-order valence-corrected chi connectivity index (χ2v) is 8.83. The first kappa shape index (κ1) is 21.5. The number of hydrogen-bond acceptors (Lipinski definition) is 5. The number of carbonyl (C=O) groups excluding carboxylic acids is 1. The highest BCUT2D eigenvalue weighted by molar-refractivity contribution is 7.18. The molecule has 0 radical (unpaired) electrons. The van der Waals surface area contributed by atoms with Gasteiger partial charge in [-0.25, -0.2) is 4.98 Å². The van der Waals surface area contributed by atoms with Crippen molar-refractivity contribution in [3.8, 4) is 0 Å². The second-order valence-electron chi connectivity index (χ2n) is 7.71. The molecule has 0 aliphatic carbocycles. The van der Waals surface area contributed by atoms with Crippen molar-refractivity contribution in [2.45, 2.75) is 44.6 Å². The number of carbonyl (C=O) groups is 1. The topological polar surface area (TPSA) is 48.5 Å². The minimum atomic E-state index is 0. The van der Waals surface area contributed by atoms with Crippen molar-refractivity contribution < 1.29 is 4.79 Å². The average molecular weight is 423 g/mol. The van der Waals surface area contributed by atoms with Crippen LogP contribution in [-0.2, 0) is 11.2 Å². The van der Waals surface area contributed by atoms with Crippen LogP contribution in [0.1, 0.15) is 37.1 Å². The fourth-order valence-electron chi connectivity index (χ4n) is 4.23. The average Bonchev–Trinajstić information content (AvgIpc) is 3.37. The number of piperidine rings is 1. The monoisotopic (exact) mass is 422 g/mol. The SMILES string of the molecule is Cl.O=C(CCc1nc2ccccc2s1)N(CCN1CCCCC1)C1CCNC1. The van der Waals surface area contributed by atoms with E-state index in [1.807, 2.05) is 18.2 Å². The Hall–Kier alpha value is -1.21. The van der Waals surface area contributed by atoms with Gasteiger partial charge in [0, 0.05) is 38.5 Å². The van der Waals surface area contributed by atoms with Crippen LogP contribution >= 0.6 is 23.7 Å². The molecule has 2 fully saturated rings. The lowest BCUT2D eigenvalue weighted by Gasteiger charge is -2.33. The van der Waals surface area contributed by atoms with E-state index in [2.05, 4.69) is 26.2 Å². The highest BCUT2D eigenvalue weighted by Crippen LogP contribution is 2.23. The third-order valence-electron chi connectivity index (χ3n) is 5.79. The minimum absolute atomic E-state index is 0. The molecular weight excluding hydrogens is 392 g/mol. The number of benzene rings is 1. The largest absolute Gasteiger partial charge is 0.337 e. The van der Waals surface area contributed by atoms with E-state index in [0.717, 1.165) is 49.5 Å². The van der Waals surface area contributed by atoms with Crippen molar-refractivity contribution in [1.29, 1.82) is 0 Å². The van der Waals surface area contributed by atoms with Crippen molar-refractivity contribution in [2.75, 3.05) is 39.3 Å². The Kier molecular flexibility index (Phi) is 8.09. The molecule has 5 nitrogen and oxygen atoms in total. The highest BCUT2D eigenvalue weighted by atomic mass is 35.5. The molecule has 2 aromatic rings. The van der Waals surface area contributed by atoms with Crippen molar-refractivity contribution >= 4 is 39.9 Å². The molecule has 0 saturated carbocycles. The first-order valence-electron chi connectivity index (χ1n) is 10.4. The van der Waals surface area contributed by atoms with Crippen LogP contribution < -0.4 is 5.32 Å². The third kappa shape index (κ3) is 5.44. The predicted octanol–water partition coefficient (Wildman–Crippen LogP) is 3.33. The molecule has 154 valence electrons. The van der Waals surface area contributed by atoms with Crippen molar-refractivity contribution in [2.24, 2.45) is 0 Å². The van der Waals surface area contributed by atoms with Gasteiger partial charge in [-0.05, 0) is 51.0 Å². The van der Waals surface area contributed by atoms with Crippen LogP contribution in [0.2, 0.25) is 0 Å². The zero-order valence-electron chi connectivity index (χ0n) is 16.4. The summed E-state index contributed by atoms with van der Waals surface area (Å²) in [6.07, 6.45) is 6.35. The van der Waals surface area contributed by atoms with Crippen molar-refractivity contribution in [1.82, 2.24) is 20.1 Å². The third-order valence-corrected chi connectivity index (χ3v) is 6.89. The number of aromatic nitrogens is 1. The van der Waals surface area contributed by atoms with Crippen LogP contribution in [-0.4, -0.2) is 66.0 Å². The molecule has 1 amide bonds. The standard InChI is InChI=1S/C21H30N4OS.ClH/c26-21(9-8-20-23-18-6-2-3-7-19(18)27-20)25(17-10-11-22-16-17)15-14-24-12-4-1-5-13-24;/h2-3,6-7,17,22H,1,4-5,8-16H2;1H. The van der Waals surface area contributed by atoms with Crippen LogP contribution in [0, 0.1) is 0 Å². The molecule has 1 aromatic heterocycles. The van der Waals surface area contributed by atoms with E-state index in [-0.39, 0.29) is 12.4 Å². The Morgan fingerprint density at radius 3 is 2.82 bits per heavy atom. The Bertz CT molecular complexity index is 723. The number of halogens is 1. The number of para-hydroxylation sites is 1. The lowest BCUT2D eigenvalue weighted by molar-refractivity contribution is -0.133. The Labute approximate surface area is 177 Å². The van der Waals surface area contributed by atoms with Crippen molar-refractivity contribution in [3.05, 3.63) is 29.3 Å². The maximum Gasteiger partial charge on any atom is 0.223 e. The maximum absolute atomic E-state index is 13.0. The van der Waals surface area contributed by atoms with Crippen LogP contribution in [0.3, 0.4) is 0 Å². The molecule has 28 heavy (non-hydrogen) atoms. The Balaban J connectivity index is 0.00000225. The zero-order valence-corrected chi connectivity index (χ0v) is 18.1. The van der Waals surface area contributed by atoms with Crippen LogP contribution in [0.4, 0.5) is 0 Å². The molecule has 2 aliphatic heterocycles. The fourth-order valence-corrected chi connectivity index (χ4v) is 5.20.